The number of likely N-dealkylation sites (tertiary alicyclic amines) is 1. The van der Waals surface area contributed by atoms with Gasteiger partial charge in [-0.1, -0.05) is 0 Å². The molecule has 0 aliphatic carbocycles. The maximum atomic E-state index is 12.6. The van der Waals surface area contributed by atoms with Gasteiger partial charge in [0, 0.05) is 24.7 Å². The van der Waals surface area contributed by atoms with Gasteiger partial charge in [-0.3, -0.25) is 9.89 Å². The molecule has 0 saturated carbocycles. The van der Waals surface area contributed by atoms with Gasteiger partial charge in [0.25, 0.3) is 0 Å². The van der Waals surface area contributed by atoms with Crippen molar-refractivity contribution in [1.82, 2.24) is 15.1 Å². The zero-order valence-electron chi connectivity index (χ0n) is 12.4. The Hall–Kier alpha value is -2.04. The Labute approximate surface area is 126 Å². The number of nitriles is 1. The summed E-state index contributed by atoms with van der Waals surface area (Å²) in [6, 6.07) is 2.95. The second kappa shape index (κ2) is 5.63. The lowest BCUT2D eigenvalue weighted by molar-refractivity contribution is -0.141. The fourth-order valence-corrected chi connectivity index (χ4v) is 2.55. The molecule has 1 aliphatic rings. The van der Waals surface area contributed by atoms with E-state index in [0.29, 0.717) is 31.6 Å². The van der Waals surface area contributed by atoms with E-state index in [1.807, 2.05) is 6.07 Å². The number of nitrogens with zero attached hydrogens (tertiary/aromatic N) is 3. The molecule has 1 N–H and O–H groups in total. The van der Waals surface area contributed by atoms with Crippen molar-refractivity contribution in [3.8, 4) is 6.07 Å². The maximum absolute atomic E-state index is 12.6. The number of rotatable bonds is 2. The van der Waals surface area contributed by atoms with Gasteiger partial charge in [-0.15, -0.1) is 0 Å². The summed E-state index contributed by atoms with van der Waals surface area (Å²) in [5.41, 5.74) is -1.71. The standard InChI is InChI=1S/C14H17F3N4O/c1-13(2,8-18)12(22)21-5-3-4-9(7-21)10-6-11(20-19-10)14(15,16)17/h6,9H,3-5,7H2,1-2H3,(H,19,20)/t9-/m1/s1. The number of carbonyl (C=O) groups excluding carboxylic acids is 1. The number of carbonyl (C=O) groups is 1. The molecule has 5 nitrogen and oxygen atoms in total. The van der Waals surface area contributed by atoms with Crippen molar-refractivity contribution < 1.29 is 18.0 Å². The highest BCUT2D eigenvalue weighted by Gasteiger charge is 2.37. The van der Waals surface area contributed by atoms with Crippen molar-refractivity contribution in [2.45, 2.75) is 38.8 Å². The van der Waals surface area contributed by atoms with Crippen LogP contribution in [0.2, 0.25) is 0 Å². The highest BCUT2D eigenvalue weighted by Crippen LogP contribution is 2.33. The molecular weight excluding hydrogens is 297 g/mol. The Balaban J connectivity index is 2.13. The first-order chi connectivity index (χ1) is 10.1. The minimum Gasteiger partial charge on any atom is -0.341 e. The number of aromatic amines is 1. The van der Waals surface area contributed by atoms with Crippen molar-refractivity contribution in [3.05, 3.63) is 17.5 Å². The summed E-state index contributed by atoms with van der Waals surface area (Å²) >= 11 is 0. The topological polar surface area (TPSA) is 72.8 Å². The molecular formula is C14H17F3N4O. The van der Waals surface area contributed by atoms with Gasteiger partial charge in [0.05, 0.1) is 6.07 Å². The minimum absolute atomic E-state index is 0.226. The van der Waals surface area contributed by atoms with E-state index in [2.05, 4.69) is 10.2 Å². The van der Waals surface area contributed by atoms with Crippen LogP contribution < -0.4 is 0 Å². The Morgan fingerprint density at radius 1 is 1.50 bits per heavy atom. The molecule has 1 saturated heterocycles. The van der Waals surface area contributed by atoms with Gasteiger partial charge in [-0.2, -0.15) is 23.5 Å². The molecule has 1 amide bonds. The van der Waals surface area contributed by atoms with Gasteiger partial charge < -0.3 is 4.90 Å². The first-order valence-electron chi connectivity index (χ1n) is 6.98. The van der Waals surface area contributed by atoms with E-state index in [1.54, 1.807) is 4.90 Å². The van der Waals surface area contributed by atoms with Crippen LogP contribution in [0.4, 0.5) is 13.2 Å². The van der Waals surface area contributed by atoms with Crippen LogP contribution in [-0.2, 0) is 11.0 Å². The summed E-state index contributed by atoms with van der Waals surface area (Å²) in [5.74, 6) is -0.522. The van der Waals surface area contributed by atoms with Gasteiger partial charge in [-0.05, 0) is 32.8 Å². The molecule has 0 unspecified atom stereocenters. The molecule has 1 aromatic heterocycles. The van der Waals surface area contributed by atoms with E-state index in [4.69, 9.17) is 5.26 Å². The molecule has 0 aromatic carbocycles. The normalized spacial score (nSPS) is 19.8. The first kappa shape index (κ1) is 16.3. The Morgan fingerprint density at radius 3 is 2.73 bits per heavy atom. The number of piperidine rings is 1. The summed E-state index contributed by atoms with van der Waals surface area (Å²) in [6.45, 7) is 3.89. The van der Waals surface area contributed by atoms with Gasteiger partial charge in [0.1, 0.15) is 5.41 Å². The van der Waals surface area contributed by atoms with Crippen LogP contribution in [0, 0.1) is 16.7 Å². The van der Waals surface area contributed by atoms with Crippen LogP contribution in [-0.4, -0.2) is 34.1 Å². The molecule has 120 valence electrons. The first-order valence-corrected chi connectivity index (χ1v) is 6.98. The Kier molecular flexibility index (Phi) is 4.18. The predicted octanol–water partition coefficient (Wildman–Crippen LogP) is 2.68. The number of halogens is 3. The third-order valence-corrected chi connectivity index (χ3v) is 3.85. The van der Waals surface area contributed by atoms with Crippen LogP contribution in [0.1, 0.15) is 44.0 Å². The molecule has 0 radical (unpaired) electrons. The van der Waals surface area contributed by atoms with Gasteiger partial charge in [0.15, 0.2) is 5.69 Å². The van der Waals surface area contributed by atoms with E-state index in [0.717, 1.165) is 6.07 Å². The van der Waals surface area contributed by atoms with Gasteiger partial charge >= 0.3 is 6.18 Å². The lowest BCUT2D eigenvalue weighted by atomic mass is 9.89. The fraction of sp³-hybridized carbons (Fsp3) is 0.643. The second-order valence-corrected chi connectivity index (χ2v) is 6.03. The summed E-state index contributed by atoms with van der Waals surface area (Å²) in [7, 11) is 0. The van der Waals surface area contributed by atoms with Crippen molar-refractivity contribution in [1.29, 1.82) is 5.26 Å². The average Bonchev–Trinajstić information content (AvgIpc) is 2.96. The molecule has 2 heterocycles. The van der Waals surface area contributed by atoms with Gasteiger partial charge in [-0.25, -0.2) is 0 Å². The third-order valence-electron chi connectivity index (χ3n) is 3.85. The van der Waals surface area contributed by atoms with Crippen molar-refractivity contribution >= 4 is 5.91 Å². The Morgan fingerprint density at radius 2 is 2.18 bits per heavy atom. The van der Waals surface area contributed by atoms with Crippen LogP contribution in [0.3, 0.4) is 0 Å². The fourth-order valence-electron chi connectivity index (χ4n) is 2.55. The van der Waals surface area contributed by atoms with Gasteiger partial charge in [0.2, 0.25) is 5.91 Å². The second-order valence-electron chi connectivity index (χ2n) is 6.03. The molecule has 1 fully saturated rings. The van der Waals surface area contributed by atoms with Crippen LogP contribution in [0.25, 0.3) is 0 Å². The maximum Gasteiger partial charge on any atom is 0.435 e. The number of hydrogen-bond acceptors (Lipinski definition) is 3. The molecule has 1 atom stereocenters. The lowest BCUT2D eigenvalue weighted by Crippen LogP contribution is -2.45. The van der Waals surface area contributed by atoms with E-state index in [9.17, 15) is 18.0 Å². The predicted molar refractivity (Wildman–Crippen MR) is 71.5 cm³/mol. The van der Waals surface area contributed by atoms with Crippen molar-refractivity contribution in [2.75, 3.05) is 13.1 Å². The largest absolute Gasteiger partial charge is 0.435 e. The summed E-state index contributed by atoms with van der Waals surface area (Å²) in [5, 5.41) is 14.7. The number of aromatic nitrogens is 2. The number of H-pyrrole nitrogens is 1. The molecule has 0 spiro atoms. The van der Waals surface area contributed by atoms with E-state index in [-0.39, 0.29) is 11.8 Å². The van der Waals surface area contributed by atoms with Crippen molar-refractivity contribution in [2.24, 2.45) is 5.41 Å². The van der Waals surface area contributed by atoms with Crippen molar-refractivity contribution in [3.63, 3.8) is 0 Å². The van der Waals surface area contributed by atoms with E-state index < -0.39 is 17.3 Å². The highest BCUT2D eigenvalue weighted by atomic mass is 19.4. The summed E-state index contributed by atoms with van der Waals surface area (Å²) < 4.78 is 37.8. The molecule has 8 heteroatoms. The summed E-state index contributed by atoms with van der Waals surface area (Å²) in [6.07, 6.45) is -3.13. The molecule has 1 aromatic rings. The van der Waals surface area contributed by atoms with Crippen LogP contribution in [0.15, 0.2) is 6.07 Å². The monoisotopic (exact) mass is 314 g/mol. The average molecular weight is 314 g/mol. The quantitative estimate of drug-likeness (QED) is 0.912. The molecule has 0 bridgehead atoms. The number of alkyl halides is 3. The zero-order chi connectivity index (χ0) is 16.5. The van der Waals surface area contributed by atoms with E-state index in [1.165, 1.54) is 13.8 Å². The van der Waals surface area contributed by atoms with Crippen LogP contribution >= 0.6 is 0 Å². The SMILES string of the molecule is CC(C)(C#N)C(=O)N1CCC[C@@H](c2cc(C(F)(F)F)n[nH]2)C1. The smallest absolute Gasteiger partial charge is 0.341 e. The minimum atomic E-state index is -4.48. The van der Waals surface area contributed by atoms with E-state index >= 15 is 0 Å². The molecule has 1 aliphatic heterocycles. The Bertz CT molecular complexity index is 600. The lowest BCUT2D eigenvalue weighted by Gasteiger charge is -2.35. The summed E-state index contributed by atoms with van der Waals surface area (Å²) in [4.78, 5) is 13.8. The number of hydrogen-bond donors (Lipinski definition) is 1. The number of nitrogens with one attached hydrogen (secondary N) is 1. The van der Waals surface area contributed by atoms with Crippen LogP contribution in [0.5, 0.6) is 0 Å². The molecule has 22 heavy (non-hydrogen) atoms. The zero-order valence-corrected chi connectivity index (χ0v) is 12.4. The molecule has 2 rings (SSSR count). The third kappa shape index (κ3) is 3.24. The number of amides is 1. The highest BCUT2D eigenvalue weighted by molar-refractivity contribution is 5.84.